The molecule has 1 aromatic heterocycles. The number of aromatic nitrogens is 1. The number of nitrogens with zero attached hydrogens (tertiary/aromatic N) is 3. The second-order valence-corrected chi connectivity index (χ2v) is 8.13. The van der Waals surface area contributed by atoms with Crippen LogP contribution >= 0.6 is 0 Å². The van der Waals surface area contributed by atoms with E-state index in [4.69, 9.17) is 10.7 Å². The minimum atomic E-state index is 0.279. The normalized spacial score (nSPS) is 22.3. The number of anilines is 1. The minimum Gasteiger partial charge on any atom is -0.397 e. The zero-order valence-electron chi connectivity index (χ0n) is 16.2. The number of nitrogens with two attached hydrogens (primary N) is 1. The van der Waals surface area contributed by atoms with Gasteiger partial charge in [-0.1, -0.05) is 24.6 Å². The van der Waals surface area contributed by atoms with Crippen LogP contribution in [0.15, 0.2) is 30.3 Å². The summed E-state index contributed by atoms with van der Waals surface area (Å²) in [5.41, 5.74) is 9.08. The molecule has 2 aliphatic rings. The van der Waals surface area contributed by atoms with Crippen molar-refractivity contribution in [1.29, 1.82) is 0 Å². The van der Waals surface area contributed by atoms with Crippen LogP contribution in [0.2, 0.25) is 0 Å². The van der Waals surface area contributed by atoms with E-state index in [9.17, 15) is 4.79 Å². The number of hydrogen-bond donors (Lipinski definition) is 1. The topological polar surface area (TPSA) is 62.5 Å². The minimum absolute atomic E-state index is 0.279. The molecule has 5 nitrogen and oxygen atoms in total. The van der Waals surface area contributed by atoms with Crippen LogP contribution in [-0.2, 0) is 4.79 Å². The number of carbonyl (C=O) groups excluding carboxylic acids is 1. The lowest BCUT2D eigenvalue weighted by Gasteiger charge is -2.37. The molecule has 0 unspecified atom stereocenters. The Bertz CT molecular complexity index is 813. The van der Waals surface area contributed by atoms with Crippen LogP contribution in [0.3, 0.4) is 0 Å². The summed E-state index contributed by atoms with van der Waals surface area (Å²) in [6.45, 7) is 5.48. The first-order chi connectivity index (χ1) is 13.1. The monoisotopic (exact) mass is 366 g/mol. The lowest BCUT2D eigenvalue weighted by atomic mass is 9.91. The molecular formula is C22H30N4O. The van der Waals surface area contributed by atoms with E-state index in [1.165, 1.54) is 19.3 Å². The molecule has 0 bridgehead atoms. The van der Waals surface area contributed by atoms with Crippen molar-refractivity contribution in [2.75, 3.05) is 31.9 Å². The van der Waals surface area contributed by atoms with Crippen LogP contribution < -0.4 is 5.73 Å². The van der Waals surface area contributed by atoms with Crippen LogP contribution in [0, 0.1) is 0 Å². The molecule has 0 saturated carbocycles. The molecular weight excluding hydrogens is 336 g/mol. The average Bonchev–Trinajstić information content (AvgIpc) is 2.69. The number of rotatable bonds is 3. The van der Waals surface area contributed by atoms with E-state index in [1.54, 1.807) is 0 Å². The SMILES string of the molecule is C[C@H]1CCCCN1CC(=O)N1CCC(c2nc3ccccc3cc2N)CC1. The summed E-state index contributed by atoms with van der Waals surface area (Å²) in [7, 11) is 0. The highest BCUT2D eigenvalue weighted by molar-refractivity contribution is 5.82. The number of benzene rings is 1. The highest BCUT2D eigenvalue weighted by atomic mass is 16.2. The van der Waals surface area contributed by atoms with Gasteiger partial charge < -0.3 is 10.6 Å². The molecule has 27 heavy (non-hydrogen) atoms. The maximum atomic E-state index is 12.7. The first-order valence-electron chi connectivity index (χ1n) is 10.3. The fourth-order valence-electron chi connectivity index (χ4n) is 4.54. The summed E-state index contributed by atoms with van der Waals surface area (Å²) in [4.78, 5) is 22.0. The predicted octanol–water partition coefficient (Wildman–Crippen LogP) is 3.40. The van der Waals surface area contributed by atoms with Gasteiger partial charge in [-0.3, -0.25) is 14.7 Å². The van der Waals surface area contributed by atoms with E-state index < -0.39 is 0 Å². The first kappa shape index (κ1) is 18.2. The zero-order valence-corrected chi connectivity index (χ0v) is 16.2. The van der Waals surface area contributed by atoms with Crippen LogP contribution in [0.1, 0.15) is 50.6 Å². The van der Waals surface area contributed by atoms with Crippen molar-refractivity contribution in [3.05, 3.63) is 36.0 Å². The van der Waals surface area contributed by atoms with Gasteiger partial charge >= 0.3 is 0 Å². The maximum absolute atomic E-state index is 12.7. The number of likely N-dealkylation sites (tertiary alicyclic amines) is 2. The fraction of sp³-hybridized carbons (Fsp3) is 0.545. The van der Waals surface area contributed by atoms with Gasteiger partial charge in [0, 0.05) is 30.4 Å². The van der Waals surface area contributed by atoms with Gasteiger partial charge in [-0.25, -0.2) is 0 Å². The quantitative estimate of drug-likeness (QED) is 0.904. The molecule has 5 heteroatoms. The van der Waals surface area contributed by atoms with Gasteiger partial charge in [0.25, 0.3) is 0 Å². The molecule has 2 saturated heterocycles. The molecule has 0 aliphatic carbocycles. The molecule has 1 amide bonds. The third-order valence-corrected chi connectivity index (χ3v) is 6.30. The largest absolute Gasteiger partial charge is 0.397 e. The molecule has 2 N–H and O–H groups in total. The summed E-state index contributed by atoms with van der Waals surface area (Å²) in [6, 6.07) is 10.7. The predicted molar refractivity (Wildman–Crippen MR) is 110 cm³/mol. The molecule has 1 atom stereocenters. The number of pyridine rings is 1. The second kappa shape index (κ2) is 7.85. The van der Waals surface area contributed by atoms with E-state index in [2.05, 4.69) is 11.8 Å². The Morgan fingerprint density at radius 1 is 1.15 bits per heavy atom. The first-order valence-corrected chi connectivity index (χ1v) is 10.3. The summed E-state index contributed by atoms with van der Waals surface area (Å²) < 4.78 is 0. The van der Waals surface area contributed by atoms with Crippen LogP contribution in [-0.4, -0.2) is 52.9 Å². The Hall–Kier alpha value is -2.14. The molecule has 0 radical (unpaired) electrons. The number of carbonyl (C=O) groups is 1. The third-order valence-electron chi connectivity index (χ3n) is 6.30. The highest BCUT2D eigenvalue weighted by Crippen LogP contribution is 2.32. The Morgan fingerprint density at radius 3 is 2.70 bits per heavy atom. The fourth-order valence-corrected chi connectivity index (χ4v) is 4.54. The third kappa shape index (κ3) is 3.93. The van der Waals surface area contributed by atoms with Crippen molar-refractivity contribution >= 4 is 22.5 Å². The van der Waals surface area contributed by atoms with E-state index in [-0.39, 0.29) is 5.91 Å². The lowest BCUT2D eigenvalue weighted by molar-refractivity contribution is -0.134. The van der Waals surface area contributed by atoms with Crippen molar-refractivity contribution in [1.82, 2.24) is 14.8 Å². The molecule has 2 aromatic rings. The lowest BCUT2D eigenvalue weighted by Crippen LogP contribution is -2.47. The van der Waals surface area contributed by atoms with E-state index in [1.807, 2.05) is 35.2 Å². The van der Waals surface area contributed by atoms with Crippen molar-refractivity contribution in [2.45, 2.75) is 51.0 Å². The Labute approximate surface area is 161 Å². The van der Waals surface area contributed by atoms with Crippen LogP contribution in [0.25, 0.3) is 10.9 Å². The molecule has 1 aromatic carbocycles. The van der Waals surface area contributed by atoms with Gasteiger partial charge in [0.15, 0.2) is 0 Å². The zero-order chi connectivity index (χ0) is 18.8. The average molecular weight is 367 g/mol. The Balaban J connectivity index is 1.38. The van der Waals surface area contributed by atoms with E-state index in [0.717, 1.165) is 54.8 Å². The van der Waals surface area contributed by atoms with E-state index in [0.29, 0.717) is 18.5 Å². The van der Waals surface area contributed by atoms with E-state index >= 15 is 0 Å². The summed E-state index contributed by atoms with van der Waals surface area (Å²) in [5.74, 6) is 0.620. The summed E-state index contributed by atoms with van der Waals surface area (Å²) >= 11 is 0. The molecule has 4 rings (SSSR count). The summed E-state index contributed by atoms with van der Waals surface area (Å²) in [5, 5.41) is 1.09. The standard InChI is InChI=1S/C22H30N4O/c1-16-6-4-5-11-26(16)15-21(27)25-12-9-17(10-13-25)22-19(23)14-18-7-2-3-8-20(18)24-22/h2-3,7-8,14,16-17H,4-6,9-13,15,23H2,1H3/t16-/m0/s1. The molecule has 2 fully saturated rings. The Morgan fingerprint density at radius 2 is 1.93 bits per heavy atom. The number of fused-ring (bicyclic) bond motifs is 1. The smallest absolute Gasteiger partial charge is 0.236 e. The van der Waals surface area contributed by atoms with Gasteiger partial charge in [0.1, 0.15) is 0 Å². The number of para-hydroxylation sites is 1. The van der Waals surface area contributed by atoms with Crippen LogP contribution in [0.5, 0.6) is 0 Å². The van der Waals surface area contributed by atoms with Gasteiger partial charge in [0.2, 0.25) is 5.91 Å². The second-order valence-electron chi connectivity index (χ2n) is 8.13. The van der Waals surface area contributed by atoms with Gasteiger partial charge in [-0.15, -0.1) is 0 Å². The number of amides is 1. The molecule has 2 aliphatic heterocycles. The molecule has 3 heterocycles. The number of hydrogen-bond acceptors (Lipinski definition) is 4. The van der Waals surface area contributed by atoms with Crippen molar-refractivity contribution < 1.29 is 4.79 Å². The van der Waals surface area contributed by atoms with Gasteiger partial charge in [0.05, 0.1) is 23.4 Å². The van der Waals surface area contributed by atoms with Crippen molar-refractivity contribution in [3.63, 3.8) is 0 Å². The molecule has 0 spiro atoms. The van der Waals surface area contributed by atoms with Gasteiger partial charge in [-0.05, 0) is 51.3 Å². The number of piperidine rings is 2. The maximum Gasteiger partial charge on any atom is 0.236 e. The number of nitrogen functional groups attached to an aromatic ring is 1. The molecule has 144 valence electrons. The Kier molecular flexibility index (Phi) is 5.30. The highest BCUT2D eigenvalue weighted by Gasteiger charge is 2.28. The van der Waals surface area contributed by atoms with Crippen molar-refractivity contribution in [2.24, 2.45) is 0 Å². The van der Waals surface area contributed by atoms with Gasteiger partial charge in [-0.2, -0.15) is 0 Å². The van der Waals surface area contributed by atoms with Crippen LogP contribution in [0.4, 0.5) is 5.69 Å². The van der Waals surface area contributed by atoms with Crippen molar-refractivity contribution in [3.8, 4) is 0 Å². The summed E-state index contributed by atoms with van der Waals surface area (Å²) in [6.07, 6.45) is 5.60.